The molecule has 0 saturated carbocycles. The zero-order chi connectivity index (χ0) is 18.7. The van der Waals surface area contributed by atoms with Crippen molar-refractivity contribution in [2.45, 2.75) is 9.79 Å². The summed E-state index contributed by atoms with van der Waals surface area (Å²) in [5, 5.41) is 0. The van der Waals surface area contributed by atoms with Crippen molar-refractivity contribution in [3.05, 3.63) is 84.5 Å². The minimum Gasteiger partial charge on any atom is -0.418 e. The van der Waals surface area contributed by atoms with Crippen LogP contribution in [0.4, 0.5) is 17.3 Å². The fraction of sp³-hybridized carbons (Fsp3) is 0.0526. The molecule has 2 unspecified atom stereocenters. The van der Waals surface area contributed by atoms with Gasteiger partial charge in [-0.25, -0.2) is 0 Å². The van der Waals surface area contributed by atoms with Crippen LogP contribution in [0.2, 0.25) is 0 Å². The van der Waals surface area contributed by atoms with Gasteiger partial charge in [-0.1, -0.05) is 59.0 Å². The minimum atomic E-state index is -6.00. The molecule has 0 fully saturated rings. The van der Waals surface area contributed by atoms with E-state index in [0.29, 0.717) is 0 Å². The van der Waals surface area contributed by atoms with E-state index in [1.807, 2.05) is 42.5 Å². The molecular formula is C19H15BF4OS. The Morgan fingerprint density at radius 1 is 0.846 bits per heavy atom. The molecule has 2 atom stereocenters. The van der Waals surface area contributed by atoms with Crippen LogP contribution in [0.1, 0.15) is 10.4 Å². The summed E-state index contributed by atoms with van der Waals surface area (Å²) in [6, 6.07) is 18.6. The van der Waals surface area contributed by atoms with Crippen molar-refractivity contribution < 1.29 is 22.1 Å². The highest BCUT2D eigenvalue weighted by molar-refractivity contribution is 7.97. The summed E-state index contributed by atoms with van der Waals surface area (Å²) in [5.41, 5.74) is 0.890. The maximum Gasteiger partial charge on any atom is 0.673 e. The van der Waals surface area contributed by atoms with Crippen LogP contribution in [0.15, 0.2) is 88.7 Å². The standard InChI is InChI=1S/C19H14OS.BF4/c20-19-15-10-4-6-12-17(15)21(14-8-2-1-3-9-14)18-13-7-5-11-16(18)19;2-1(3,4)5/h1-13,15H;/q;-1/p+1. The van der Waals surface area contributed by atoms with E-state index in [0.717, 1.165) is 5.56 Å². The molecule has 0 N–H and O–H groups in total. The van der Waals surface area contributed by atoms with Gasteiger partial charge in [0, 0.05) is 0 Å². The molecule has 0 radical (unpaired) electrons. The fourth-order valence-corrected chi connectivity index (χ4v) is 5.72. The van der Waals surface area contributed by atoms with Crippen LogP contribution in [0.5, 0.6) is 0 Å². The molecule has 0 spiro atoms. The Balaban J connectivity index is 0.000000349. The Morgan fingerprint density at radius 2 is 1.46 bits per heavy atom. The van der Waals surface area contributed by atoms with Crippen molar-refractivity contribution in [2.75, 3.05) is 0 Å². The van der Waals surface area contributed by atoms with E-state index in [-0.39, 0.29) is 11.7 Å². The number of thiol groups is 1. The Morgan fingerprint density at radius 3 is 2.15 bits per heavy atom. The first-order valence-electron chi connectivity index (χ1n) is 7.94. The summed E-state index contributed by atoms with van der Waals surface area (Å²) in [5.74, 6) is 0.145. The molecule has 26 heavy (non-hydrogen) atoms. The minimum absolute atomic E-state index is 0.0868. The number of hydrogen-bond donors (Lipinski definition) is 0. The molecule has 0 aromatic heterocycles. The Kier molecular flexibility index (Phi) is 5.27. The number of rotatable bonds is 1. The normalized spacial score (nSPS) is 20.8. The lowest BCUT2D eigenvalue weighted by atomic mass is 9.91. The highest BCUT2D eigenvalue weighted by Crippen LogP contribution is 2.32. The zero-order valence-electron chi connectivity index (χ0n) is 13.5. The molecule has 7 heteroatoms. The molecule has 2 aliphatic rings. The van der Waals surface area contributed by atoms with Crippen molar-refractivity contribution >= 4 is 28.4 Å². The van der Waals surface area contributed by atoms with Crippen molar-refractivity contribution in [3.63, 3.8) is 0 Å². The van der Waals surface area contributed by atoms with Gasteiger partial charge in [0.15, 0.2) is 5.78 Å². The third-order valence-electron chi connectivity index (χ3n) is 3.97. The molecule has 0 bridgehead atoms. The zero-order valence-corrected chi connectivity index (χ0v) is 14.4. The number of carbonyl (C=O) groups excluding carboxylic acids is 1. The van der Waals surface area contributed by atoms with Crippen LogP contribution in [0.25, 0.3) is 0 Å². The lowest BCUT2D eigenvalue weighted by Crippen LogP contribution is -2.31. The van der Waals surface area contributed by atoms with Gasteiger partial charge in [0.2, 0.25) is 0 Å². The van der Waals surface area contributed by atoms with Gasteiger partial charge in [-0.15, -0.1) is 0 Å². The third-order valence-corrected chi connectivity index (χ3v) is 6.60. The number of Topliss-reactive ketones (excluding diaryl/α,β-unsaturated/α-hetero) is 1. The van der Waals surface area contributed by atoms with Gasteiger partial charge in [-0.2, -0.15) is 0 Å². The topological polar surface area (TPSA) is 17.1 Å². The largest absolute Gasteiger partial charge is 0.673 e. The number of ketones is 1. The predicted molar refractivity (Wildman–Crippen MR) is 99.5 cm³/mol. The first-order valence-corrected chi connectivity index (χ1v) is 9.28. The molecule has 0 amide bonds. The molecular weight excluding hydrogens is 363 g/mol. The fourth-order valence-electron chi connectivity index (χ4n) is 3.02. The number of halogens is 4. The maximum atomic E-state index is 12.7. The summed E-state index contributed by atoms with van der Waals surface area (Å²) in [4.78, 5) is 16.5. The average molecular weight is 378 g/mol. The number of benzene rings is 2. The number of fused-ring (bicyclic) bond motifs is 2. The van der Waals surface area contributed by atoms with E-state index in [1.54, 1.807) is 0 Å². The SMILES string of the molecule is F[B-](F)(F)F.O=C1c2ccccc2[SH+](c2ccccc2)=C2C=CC=CC12. The third kappa shape index (κ3) is 4.04. The van der Waals surface area contributed by atoms with Gasteiger partial charge in [0.25, 0.3) is 0 Å². The molecule has 1 aliphatic heterocycles. The average Bonchev–Trinajstić information content (AvgIpc) is 2.62. The lowest BCUT2D eigenvalue weighted by Gasteiger charge is -2.23. The van der Waals surface area contributed by atoms with Gasteiger partial charge >= 0.3 is 7.25 Å². The maximum absolute atomic E-state index is 12.7. The predicted octanol–water partition coefficient (Wildman–Crippen LogP) is 4.87. The van der Waals surface area contributed by atoms with Crippen molar-refractivity contribution in [2.24, 2.45) is 5.92 Å². The smallest absolute Gasteiger partial charge is 0.418 e. The molecule has 1 nitrogen and oxygen atoms in total. The molecule has 2 aromatic rings. The Hall–Kier alpha value is -2.41. The van der Waals surface area contributed by atoms with E-state index >= 15 is 0 Å². The molecule has 1 heterocycles. The van der Waals surface area contributed by atoms with E-state index < -0.39 is 17.7 Å². The number of hydrogen-bond acceptors (Lipinski definition) is 1. The van der Waals surface area contributed by atoms with Gasteiger partial charge in [0.05, 0.1) is 5.56 Å². The number of carbonyl (C=O) groups is 1. The van der Waals surface area contributed by atoms with Crippen LogP contribution in [-0.2, 0) is 10.5 Å². The Labute approximate surface area is 151 Å². The van der Waals surface area contributed by atoms with Gasteiger partial charge in [-0.05, 0) is 30.3 Å². The number of allylic oxidation sites excluding steroid dienone is 4. The summed E-state index contributed by atoms with van der Waals surface area (Å²) < 4.78 is 39.0. The summed E-state index contributed by atoms with van der Waals surface area (Å²) >= 11 is 0. The highest BCUT2D eigenvalue weighted by atomic mass is 32.2. The quantitative estimate of drug-likeness (QED) is 0.228. The lowest BCUT2D eigenvalue weighted by molar-refractivity contribution is 0.0969. The second-order valence-electron chi connectivity index (χ2n) is 5.69. The van der Waals surface area contributed by atoms with Gasteiger partial charge in [-0.3, -0.25) is 4.79 Å². The van der Waals surface area contributed by atoms with Crippen molar-refractivity contribution in [3.8, 4) is 0 Å². The molecule has 0 saturated heterocycles. The van der Waals surface area contributed by atoms with Crippen LogP contribution in [-0.4, -0.2) is 17.9 Å². The molecule has 4 rings (SSSR count). The van der Waals surface area contributed by atoms with Gasteiger partial charge in [0.1, 0.15) is 20.6 Å². The monoisotopic (exact) mass is 378 g/mol. The van der Waals surface area contributed by atoms with E-state index in [4.69, 9.17) is 0 Å². The van der Waals surface area contributed by atoms with Gasteiger partial charge < -0.3 is 17.3 Å². The first kappa shape index (κ1) is 18.4. The molecule has 1 aliphatic carbocycles. The van der Waals surface area contributed by atoms with Crippen LogP contribution in [0, 0.1) is 5.92 Å². The summed E-state index contributed by atoms with van der Waals surface area (Å²) in [6.07, 6.45) is 8.20. The van der Waals surface area contributed by atoms with Crippen LogP contribution >= 0.6 is 0 Å². The van der Waals surface area contributed by atoms with Crippen LogP contribution in [0.3, 0.4) is 0 Å². The second kappa shape index (κ2) is 7.46. The van der Waals surface area contributed by atoms with Crippen molar-refractivity contribution in [1.29, 1.82) is 0 Å². The first-order chi connectivity index (χ1) is 12.4. The molecule has 134 valence electrons. The van der Waals surface area contributed by atoms with E-state index in [9.17, 15) is 22.1 Å². The van der Waals surface area contributed by atoms with E-state index in [2.05, 4.69) is 36.4 Å². The van der Waals surface area contributed by atoms with Crippen molar-refractivity contribution in [1.82, 2.24) is 0 Å². The molecule has 2 aromatic carbocycles. The second-order valence-corrected chi connectivity index (χ2v) is 7.88. The highest BCUT2D eigenvalue weighted by Gasteiger charge is 2.37. The van der Waals surface area contributed by atoms with Crippen LogP contribution < -0.4 is 0 Å². The Bertz CT molecular complexity index is 911. The van der Waals surface area contributed by atoms with E-state index in [1.165, 1.54) is 14.7 Å². The summed E-state index contributed by atoms with van der Waals surface area (Å²) in [7, 11) is -6.61. The summed E-state index contributed by atoms with van der Waals surface area (Å²) in [6.45, 7) is 0.